The highest BCUT2D eigenvalue weighted by Crippen LogP contribution is 2.22. The Morgan fingerprint density at radius 1 is 1.21 bits per heavy atom. The highest BCUT2D eigenvalue weighted by atomic mass is 35.5. The third-order valence-corrected chi connectivity index (χ3v) is 5.49. The number of aliphatic hydroxyl groups is 1. The Hall–Kier alpha value is -2.06. The molecular weight excluding hydrogens is 398 g/mol. The summed E-state index contributed by atoms with van der Waals surface area (Å²) < 4.78 is 0. The van der Waals surface area contributed by atoms with Crippen molar-refractivity contribution in [3.05, 3.63) is 64.7 Å². The van der Waals surface area contributed by atoms with Crippen LogP contribution < -0.4 is 16.0 Å². The van der Waals surface area contributed by atoms with E-state index in [1.165, 1.54) is 0 Å². The number of carbonyl (C=O) groups is 2. The van der Waals surface area contributed by atoms with Crippen LogP contribution in [0.3, 0.4) is 0 Å². The fraction of sp³-hybridized carbons (Fsp3) is 0.300. The molecule has 1 aliphatic heterocycles. The number of hydrogen-bond acceptors (Lipinski definition) is 6. The molecule has 0 spiro atoms. The lowest BCUT2D eigenvalue weighted by Gasteiger charge is -2.18. The zero-order chi connectivity index (χ0) is 20.1. The monoisotopic (exact) mass is 419 g/mol. The molecule has 3 rings (SSSR count). The first-order valence-electron chi connectivity index (χ1n) is 8.94. The van der Waals surface area contributed by atoms with E-state index in [2.05, 4.69) is 22.9 Å². The maximum absolute atomic E-state index is 11.6. The summed E-state index contributed by atoms with van der Waals surface area (Å²) in [6, 6.07) is 15.1. The number of carbonyl (C=O) groups excluding carboxylic acids is 2. The van der Waals surface area contributed by atoms with Crippen molar-refractivity contribution in [3.8, 4) is 0 Å². The van der Waals surface area contributed by atoms with Crippen LogP contribution >= 0.6 is 23.4 Å². The summed E-state index contributed by atoms with van der Waals surface area (Å²) in [4.78, 5) is 22.8. The molecule has 2 amide bonds. The van der Waals surface area contributed by atoms with E-state index in [-0.39, 0.29) is 17.2 Å². The van der Waals surface area contributed by atoms with E-state index >= 15 is 0 Å². The Bertz CT molecular complexity index is 847. The van der Waals surface area contributed by atoms with Gasteiger partial charge in [-0.05, 0) is 60.5 Å². The molecule has 148 valence electrons. The van der Waals surface area contributed by atoms with Crippen molar-refractivity contribution >= 4 is 40.2 Å². The lowest BCUT2D eigenvalue weighted by molar-refractivity contribution is -0.118. The number of aliphatic hydroxyl groups excluding tert-OH is 1. The topological polar surface area (TPSA) is 90.5 Å². The average Bonchev–Trinajstić information content (AvgIpc) is 2.98. The van der Waals surface area contributed by atoms with Gasteiger partial charge in [0.05, 0.1) is 6.10 Å². The number of hydrogen-bond donors (Lipinski definition) is 4. The zero-order valence-electron chi connectivity index (χ0n) is 15.3. The zero-order valence-corrected chi connectivity index (χ0v) is 16.9. The predicted octanol–water partition coefficient (Wildman–Crippen LogP) is 3.32. The predicted molar refractivity (Wildman–Crippen MR) is 113 cm³/mol. The van der Waals surface area contributed by atoms with Crippen LogP contribution in [0.5, 0.6) is 0 Å². The first-order valence-corrected chi connectivity index (χ1v) is 10.2. The van der Waals surface area contributed by atoms with Crippen LogP contribution in [0.1, 0.15) is 24.2 Å². The van der Waals surface area contributed by atoms with Gasteiger partial charge < -0.3 is 15.7 Å². The van der Waals surface area contributed by atoms with Gasteiger partial charge in [-0.1, -0.05) is 35.9 Å². The summed E-state index contributed by atoms with van der Waals surface area (Å²) in [5.41, 5.74) is 2.69. The standard InChI is InChI=1S/C20H22ClN3O3S/c1-12(22-11-17(25)14-3-2-4-15(21)10-14)9-13-5-7-16(8-6-13)23-19-18(26)24-20(27)28-19/h2-8,10,12,17,19,22-23,25H,9,11H2,1H3,(H,24,26,27). The number of benzene rings is 2. The van der Waals surface area contributed by atoms with Gasteiger partial charge in [0.2, 0.25) is 0 Å². The molecule has 6 nitrogen and oxygen atoms in total. The van der Waals surface area contributed by atoms with Crippen LogP contribution in [-0.4, -0.2) is 34.2 Å². The second kappa shape index (κ2) is 9.43. The molecule has 28 heavy (non-hydrogen) atoms. The number of halogens is 1. The molecule has 8 heteroatoms. The second-order valence-electron chi connectivity index (χ2n) is 6.70. The normalized spacial score (nSPS) is 18.6. The van der Waals surface area contributed by atoms with E-state index in [0.29, 0.717) is 11.6 Å². The minimum Gasteiger partial charge on any atom is -0.387 e. The average molecular weight is 420 g/mol. The second-order valence-corrected chi connectivity index (χ2v) is 8.21. The van der Waals surface area contributed by atoms with Gasteiger partial charge in [-0.2, -0.15) is 0 Å². The van der Waals surface area contributed by atoms with Crippen molar-refractivity contribution in [1.29, 1.82) is 0 Å². The highest BCUT2D eigenvalue weighted by molar-refractivity contribution is 8.15. The van der Waals surface area contributed by atoms with Crippen molar-refractivity contribution in [3.63, 3.8) is 0 Å². The largest absolute Gasteiger partial charge is 0.387 e. The Morgan fingerprint density at radius 3 is 2.61 bits per heavy atom. The summed E-state index contributed by atoms with van der Waals surface area (Å²) in [5, 5.41) is 18.6. The summed E-state index contributed by atoms with van der Waals surface area (Å²) in [5.74, 6) is -0.324. The summed E-state index contributed by atoms with van der Waals surface area (Å²) in [7, 11) is 0. The lowest BCUT2D eigenvalue weighted by atomic mass is 10.1. The number of anilines is 1. The number of rotatable bonds is 8. The molecule has 1 aliphatic rings. The first-order chi connectivity index (χ1) is 13.4. The van der Waals surface area contributed by atoms with Gasteiger partial charge in [0, 0.05) is 23.3 Å². The minimum absolute atomic E-state index is 0.168. The van der Waals surface area contributed by atoms with Crippen molar-refractivity contribution in [1.82, 2.24) is 10.6 Å². The lowest BCUT2D eigenvalue weighted by Crippen LogP contribution is -2.32. The highest BCUT2D eigenvalue weighted by Gasteiger charge is 2.31. The number of imide groups is 1. The van der Waals surface area contributed by atoms with Gasteiger partial charge in [0.1, 0.15) is 0 Å². The fourth-order valence-electron chi connectivity index (χ4n) is 2.91. The molecule has 0 bridgehead atoms. The van der Waals surface area contributed by atoms with Crippen molar-refractivity contribution in [2.75, 3.05) is 11.9 Å². The maximum atomic E-state index is 11.6. The van der Waals surface area contributed by atoms with E-state index in [1.807, 2.05) is 36.4 Å². The molecule has 0 aliphatic carbocycles. The van der Waals surface area contributed by atoms with Gasteiger partial charge >= 0.3 is 0 Å². The molecule has 3 unspecified atom stereocenters. The van der Waals surface area contributed by atoms with E-state index in [0.717, 1.165) is 35.0 Å². The van der Waals surface area contributed by atoms with Gasteiger partial charge in [0.25, 0.3) is 11.1 Å². The van der Waals surface area contributed by atoms with Crippen molar-refractivity contribution in [2.24, 2.45) is 0 Å². The van der Waals surface area contributed by atoms with E-state index in [9.17, 15) is 14.7 Å². The molecule has 0 radical (unpaired) electrons. The molecular formula is C20H22ClN3O3S. The SMILES string of the molecule is CC(Cc1ccc(NC2SC(=O)NC2=O)cc1)NCC(O)c1cccc(Cl)c1. The number of amides is 2. The Labute approximate surface area is 173 Å². The van der Waals surface area contributed by atoms with Crippen LogP contribution in [0.2, 0.25) is 5.02 Å². The summed E-state index contributed by atoms with van der Waals surface area (Å²) in [6.07, 6.45) is 0.171. The molecule has 2 aromatic rings. The molecule has 1 heterocycles. The van der Waals surface area contributed by atoms with Crippen molar-refractivity contribution in [2.45, 2.75) is 30.9 Å². The van der Waals surface area contributed by atoms with Crippen molar-refractivity contribution < 1.29 is 14.7 Å². The fourth-order valence-corrected chi connectivity index (χ4v) is 3.84. The quantitative estimate of drug-likeness (QED) is 0.524. The molecule has 0 aromatic heterocycles. The molecule has 1 fully saturated rings. The number of thioether (sulfide) groups is 1. The van der Waals surface area contributed by atoms with Crippen LogP contribution in [0.4, 0.5) is 10.5 Å². The third-order valence-electron chi connectivity index (χ3n) is 4.37. The number of nitrogens with one attached hydrogen (secondary N) is 3. The molecule has 1 saturated heterocycles. The van der Waals surface area contributed by atoms with Gasteiger partial charge in [0.15, 0.2) is 5.37 Å². The molecule has 2 aromatic carbocycles. The smallest absolute Gasteiger partial charge is 0.288 e. The van der Waals surface area contributed by atoms with E-state index < -0.39 is 11.5 Å². The van der Waals surface area contributed by atoms with Crippen LogP contribution in [0.15, 0.2) is 48.5 Å². The maximum Gasteiger partial charge on any atom is 0.288 e. The Balaban J connectivity index is 1.47. The molecule has 3 atom stereocenters. The molecule has 4 N–H and O–H groups in total. The third kappa shape index (κ3) is 5.72. The molecule has 0 saturated carbocycles. The van der Waals surface area contributed by atoms with Gasteiger partial charge in [-0.25, -0.2) is 0 Å². The van der Waals surface area contributed by atoms with Crippen LogP contribution in [-0.2, 0) is 11.2 Å². The van der Waals surface area contributed by atoms with Crippen LogP contribution in [0, 0.1) is 0 Å². The summed E-state index contributed by atoms with van der Waals surface area (Å²) >= 11 is 6.90. The van der Waals surface area contributed by atoms with E-state index in [4.69, 9.17) is 11.6 Å². The van der Waals surface area contributed by atoms with Gasteiger partial charge in [-0.15, -0.1) is 0 Å². The Morgan fingerprint density at radius 2 is 1.96 bits per heavy atom. The first kappa shape index (κ1) is 20.7. The van der Waals surface area contributed by atoms with Gasteiger partial charge in [-0.3, -0.25) is 14.9 Å². The minimum atomic E-state index is -0.620. The van der Waals surface area contributed by atoms with E-state index in [1.54, 1.807) is 12.1 Å². The summed E-state index contributed by atoms with van der Waals surface area (Å²) in [6.45, 7) is 2.49. The Kier molecular flexibility index (Phi) is 6.96. The van der Waals surface area contributed by atoms with Crippen LogP contribution in [0.25, 0.3) is 0 Å².